The summed E-state index contributed by atoms with van der Waals surface area (Å²) in [7, 11) is 0. The van der Waals surface area contributed by atoms with E-state index in [1.807, 2.05) is 73.5 Å². The molecule has 30 heavy (non-hydrogen) atoms. The summed E-state index contributed by atoms with van der Waals surface area (Å²) >= 11 is 0. The molecule has 1 heterocycles. The van der Waals surface area contributed by atoms with E-state index in [0.29, 0.717) is 6.04 Å². The Labute approximate surface area is 196 Å². The van der Waals surface area contributed by atoms with Crippen molar-refractivity contribution >= 4 is 0 Å². The van der Waals surface area contributed by atoms with E-state index in [1.54, 1.807) is 6.54 Å². The van der Waals surface area contributed by atoms with E-state index in [-0.39, 0.29) is 19.5 Å². The minimum absolute atomic E-state index is 0. The molecule has 154 valence electrons. The molecule has 4 rings (SSSR count). The van der Waals surface area contributed by atoms with Crippen LogP contribution in [0, 0.1) is 55.0 Å². The second-order valence-corrected chi connectivity index (χ2v) is 7.59. The minimum atomic E-state index is -1.20. The van der Waals surface area contributed by atoms with E-state index >= 15 is 0 Å². The van der Waals surface area contributed by atoms with Gasteiger partial charge in [0.1, 0.15) is 11.6 Å². The molecule has 0 spiro atoms. The molecule has 2 fully saturated rings. The predicted octanol–water partition coefficient (Wildman–Crippen LogP) is 5.61. The standard InChI is InChI=1S/C17H14NO.C10H15.Ru/c19-17(16-12-7-13-18-16,14-8-3-1-4-9-14)15-10-5-2-6-11-15;1-6-7(2)9(4)10(5)8(6)3;/h1-13,19H;1-5H3;/q;;+2. The molecule has 10 radical (unpaired) electrons. The van der Waals surface area contributed by atoms with Gasteiger partial charge in [-0.2, -0.15) is 0 Å². The first-order chi connectivity index (χ1) is 13.9. The number of benzene rings is 2. The smallest absolute Gasteiger partial charge is 0.378 e. The molecule has 0 unspecified atom stereocenters. The van der Waals surface area contributed by atoms with Crippen LogP contribution in [0.15, 0.2) is 60.7 Å². The number of hydrogen-bond acceptors (Lipinski definition) is 1. The summed E-state index contributed by atoms with van der Waals surface area (Å²) in [4.78, 5) is 0. The van der Waals surface area contributed by atoms with Crippen LogP contribution < -0.4 is 5.32 Å². The third kappa shape index (κ3) is 5.06. The molecule has 1 saturated heterocycles. The molecule has 3 heteroatoms. The average molecular weight is 485 g/mol. The van der Waals surface area contributed by atoms with Crippen LogP contribution in [0.5, 0.6) is 0 Å². The van der Waals surface area contributed by atoms with Gasteiger partial charge >= 0.3 is 19.5 Å². The topological polar surface area (TPSA) is 34.3 Å². The van der Waals surface area contributed by atoms with Gasteiger partial charge in [0, 0.05) is 6.54 Å². The summed E-state index contributed by atoms with van der Waals surface area (Å²) in [5.74, 6) is 7.34. The molecule has 1 aliphatic heterocycles. The second kappa shape index (κ2) is 11.0. The fourth-order valence-electron chi connectivity index (χ4n) is 3.74. The average Bonchev–Trinajstić information content (AvgIpc) is 3.37. The first-order valence-electron chi connectivity index (χ1n) is 9.98. The van der Waals surface area contributed by atoms with Gasteiger partial charge in [0.25, 0.3) is 0 Å². The molecule has 2 aromatic carbocycles. The minimum Gasteiger partial charge on any atom is -0.378 e. The van der Waals surface area contributed by atoms with E-state index in [4.69, 9.17) is 0 Å². The zero-order valence-corrected chi connectivity index (χ0v) is 20.0. The normalized spacial score (nSPS) is 20.1. The Morgan fingerprint density at radius 2 is 1.00 bits per heavy atom. The molecule has 2 aliphatic rings. The quantitative estimate of drug-likeness (QED) is 0.565. The Balaban J connectivity index is 0.000000249. The van der Waals surface area contributed by atoms with Crippen molar-refractivity contribution in [3.63, 3.8) is 0 Å². The van der Waals surface area contributed by atoms with Crippen molar-refractivity contribution in [2.75, 3.05) is 0 Å². The van der Waals surface area contributed by atoms with Crippen molar-refractivity contribution in [1.29, 1.82) is 0 Å². The van der Waals surface area contributed by atoms with Crippen LogP contribution >= 0.6 is 0 Å². The summed E-state index contributed by atoms with van der Waals surface area (Å²) in [6, 6.07) is 19.9. The molecule has 0 bridgehead atoms. The molecule has 0 aromatic heterocycles. The zero-order valence-electron chi connectivity index (χ0n) is 18.3. The molecular weight excluding hydrogens is 455 g/mol. The maximum Gasteiger partial charge on any atom is 2.00 e. The van der Waals surface area contributed by atoms with Crippen LogP contribution in [0.25, 0.3) is 0 Å². The van der Waals surface area contributed by atoms with E-state index in [1.165, 1.54) is 29.6 Å². The molecule has 2 aromatic rings. The van der Waals surface area contributed by atoms with E-state index in [9.17, 15) is 5.11 Å². The number of hydrogen-bond donors (Lipinski definition) is 1. The van der Waals surface area contributed by atoms with E-state index < -0.39 is 5.60 Å². The van der Waals surface area contributed by atoms with Crippen LogP contribution in [-0.4, -0.2) is 5.11 Å². The summed E-state index contributed by atoms with van der Waals surface area (Å²) in [5, 5.41) is 15.5. The van der Waals surface area contributed by atoms with Gasteiger partial charge in [-0.25, -0.2) is 5.32 Å². The molecule has 0 atom stereocenters. The Morgan fingerprint density at radius 3 is 1.30 bits per heavy atom. The Morgan fingerprint density at radius 1 is 0.633 bits per heavy atom. The largest absolute Gasteiger partial charge is 2.00 e. The maximum atomic E-state index is 11.3. The monoisotopic (exact) mass is 485 g/mol. The fraction of sp³-hybridized carbons (Fsp3) is 0.222. The maximum absolute atomic E-state index is 11.3. The van der Waals surface area contributed by atoms with E-state index in [2.05, 4.69) is 39.9 Å². The second-order valence-electron chi connectivity index (χ2n) is 7.59. The number of nitrogens with zero attached hydrogens (tertiary/aromatic N) is 1. The summed E-state index contributed by atoms with van der Waals surface area (Å²) in [6.45, 7) is 12.7. The SMILES string of the molecule is C[C]1[C](C)[C](C)[C](C)[C]1C.OC([C]1[CH][CH][CH][N]1)(c1ccccc1)c1ccccc1.[Ru+2]. The van der Waals surface area contributed by atoms with Crippen molar-refractivity contribution in [2.24, 2.45) is 0 Å². The Hall–Kier alpha value is -1.02. The van der Waals surface area contributed by atoms with Crippen LogP contribution in [0.2, 0.25) is 0 Å². The van der Waals surface area contributed by atoms with Crippen LogP contribution in [0.4, 0.5) is 0 Å². The van der Waals surface area contributed by atoms with Crippen molar-refractivity contribution in [3.8, 4) is 0 Å². The molecule has 0 amide bonds. The fourth-order valence-corrected chi connectivity index (χ4v) is 3.74. The molecule has 1 saturated carbocycles. The van der Waals surface area contributed by atoms with Crippen LogP contribution in [0.3, 0.4) is 0 Å². The van der Waals surface area contributed by atoms with Gasteiger partial charge < -0.3 is 5.11 Å². The number of aliphatic hydroxyl groups is 1. The first kappa shape index (κ1) is 25.2. The van der Waals surface area contributed by atoms with Crippen molar-refractivity contribution in [3.05, 3.63) is 127 Å². The molecule has 1 aliphatic carbocycles. The summed E-state index contributed by atoms with van der Waals surface area (Å²) in [6.07, 6.45) is 3.69. The van der Waals surface area contributed by atoms with Gasteiger partial charge in [-0.1, -0.05) is 95.3 Å². The van der Waals surface area contributed by atoms with Crippen LogP contribution in [0.1, 0.15) is 45.7 Å². The Kier molecular flexibility index (Phi) is 9.28. The van der Waals surface area contributed by atoms with E-state index in [0.717, 1.165) is 11.1 Å². The van der Waals surface area contributed by atoms with Gasteiger partial charge in [-0.05, 0) is 53.6 Å². The summed E-state index contributed by atoms with van der Waals surface area (Å²) < 4.78 is 0. The van der Waals surface area contributed by atoms with Gasteiger partial charge in [0.15, 0.2) is 0 Å². The predicted molar refractivity (Wildman–Crippen MR) is 119 cm³/mol. The summed E-state index contributed by atoms with van der Waals surface area (Å²) in [5.41, 5.74) is 0.436. The zero-order chi connectivity index (χ0) is 21.0. The third-order valence-corrected chi connectivity index (χ3v) is 6.12. The van der Waals surface area contributed by atoms with Crippen molar-refractivity contribution in [2.45, 2.75) is 40.2 Å². The molecule has 2 nitrogen and oxygen atoms in total. The first-order valence-corrected chi connectivity index (χ1v) is 9.98. The van der Waals surface area contributed by atoms with Crippen LogP contribution in [-0.2, 0) is 25.1 Å². The molecular formula is C27H29NORu+2. The third-order valence-electron chi connectivity index (χ3n) is 6.12. The van der Waals surface area contributed by atoms with Gasteiger partial charge in [0.05, 0.1) is 0 Å². The molecule has 1 N–H and O–H groups in total. The van der Waals surface area contributed by atoms with Crippen molar-refractivity contribution in [1.82, 2.24) is 5.32 Å². The van der Waals surface area contributed by atoms with Gasteiger partial charge in [-0.3, -0.25) is 0 Å². The van der Waals surface area contributed by atoms with Crippen molar-refractivity contribution < 1.29 is 24.6 Å². The number of rotatable bonds is 3. The Bertz CT molecular complexity index is 660. The van der Waals surface area contributed by atoms with Gasteiger partial charge in [0.2, 0.25) is 0 Å². The van der Waals surface area contributed by atoms with Gasteiger partial charge in [-0.15, -0.1) is 0 Å².